The monoisotopic (exact) mass is 182 g/mol. The Morgan fingerprint density at radius 3 is 2.92 bits per heavy atom. The van der Waals surface area contributed by atoms with Gasteiger partial charge in [0.05, 0.1) is 12.9 Å². The molecule has 1 rings (SSSR count). The van der Waals surface area contributed by atoms with Gasteiger partial charge in [0.2, 0.25) is 0 Å². The standard InChI is InChI=1S/C9H10O2S/c1-11-8-4-2-3-5-9(8)12-7-6-10/h2-6H,7H2,1H3. The zero-order valence-corrected chi connectivity index (χ0v) is 7.64. The van der Waals surface area contributed by atoms with E-state index in [2.05, 4.69) is 0 Å². The van der Waals surface area contributed by atoms with Crippen molar-refractivity contribution in [2.75, 3.05) is 12.9 Å². The van der Waals surface area contributed by atoms with E-state index in [1.165, 1.54) is 11.8 Å². The van der Waals surface area contributed by atoms with Gasteiger partial charge in [0.1, 0.15) is 12.0 Å². The Balaban J connectivity index is 2.74. The van der Waals surface area contributed by atoms with Gasteiger partial charge < -0.3 is 9.53 Å². The zero-order chi connectivity index (χ0) is 8.81. The van der Waals surface area contributed by atoms with E-state index in [9.17, 15) is 4.79 Å². The maximum Gasteiger partial charge on any atom is 0.132 e. The van der Waals surface area contributed by atoms with Crippen molar-refractivity contribution < 1.29 is 9.53 Å². The number of hydrogen-bond donors (Lipinski definition) is 0. The number of carbonyl (C=O) groups excluding carboxylic acids is 1. The molecule has 0 bridgehead atoms. The van der Waals surface area contributed by atoms with Crippen molar-refractivity contribution in [3.8, 4) is 5.75 Å². The van der Waals surface area contributed by atoms with Crippen LogP contribution in [0.5, 0.6) is 5.75 Å². The van der Waals surface area contributed by atoms with Crippen LogP contribution in [0.3, 0.4) is 0 Å². The molecule has 64 valence electrons. The van der Waals surface area contributed by atoms with E-state index in [1.807, 2.05) is 24.3 Å². The molecule has 0 saturated carbocycles. The Kier molecular flexibility index (Phi) is 3.67. The van der Waals surface area contributed by atoms with Gasteiger partial charge in [-0.05, 0) is 12.1 Å². The molecule has 0 unspecified atom stereocenters. The van der Waals surface area contributed by atoms with Gasteiger partial charge >= 0.3 is 0 Å². The molecule has 0 atom stereocenters. The first-order valence-electron chi connectivity index (χ1n) is 3.58. The van der Waals surface area contributed by atoms with Gasteiger partial charge in [-0.15, -0.1) is 11.8 Å². The third kappa shape index (κ3) is 2.27. The number of methoxy groups -OCH3 is 1. The van der Waals surface area contributed by atoms with E-state index in [4.69, 9.17) is 4.74 Å². The van der Waals surface area contributed by atoms with Crippen LogP contribution in [0.1, 0.15) is 0 Å². The minimum atomic E-state index is 0.473. The lowest BCUT2D eigenvalue weighted by molar-refractivity contribution is -0.105. The van der Waals surface area contributed by atoms with Crippen molar-refractivity contribution in [3.05, 3.63) is 24.3 Å². The van der Waals surface area contributed by atoms with E-state index in [1.54, 1.807) is 7.11 Å². The van der Waals surface area contributed by atoms with Crippen LogP contribution in [0, 0.1) is 0 Å². The van der Waals surface area contributed by atoms with Crippen LogP contribution in [-0.4, -0.2) is 19.1 Å². The quantitative estimate of drug-likeness (QED) is 0.526. The van der Waals surface area contributed by atoms with E-state index < -0.39 is 0 Å². The Hall–Kier alpha value is -0.960. The first-order chi connectivity index (χ1) is 5.88. The van der Waals surface area contributed by atoms with Crippen LogP contribution in [0.25, 0.3) is 0 Å². The molecule has 0 aliphatic rings. The van der Waals surface area contributed by atoms with E-state index in [0.717, 1.165) is 16.9 Å². The first-order valence-corrected chi connectivity index (χ1v) is 4.56. The van der Waals surface area contributed by atoms with Gasteiger partial charge in [-0.3, -0.25) is 0 Å². The summed E-state index contributed by atoms with van der Waals surface area (Å²) in [5, 5.41) is 0. The number of rotatable bonds is 4. The van der Waals surface area contributed by atoms with Crippen LogP contribution in [0.15, 0.2) is 29.2 Å². The summed E-state index contributed by atoms with van der Waals surface area (Å²) in [7, 11) is 1.63. The molecule has 1 aromatic carbocycles. The average Bonchev–Trinajstić information content (AvgIpc) is 2.15. The minimum absolute atomic E-state index is 0.473. The Morgan fingerprint density at radius 1 is 1.50 bits per heavy atom. The van der Waals surface area contributed by atoms with Crippen LogP contribution in [-0.2, 0) is 4.79 Å². The summed E-state index contributed by atoms with van der Waals surface area (Å²) in [5.41, 5.74) is 0. The summed E-state index contributed by atoms with van der Waals surface area (Å²) < 4.78 is 5.11. The second kappa shape index (κ2) is 4.83. The fraction of sp³-hybridized carbons (Fsp3) is 0.222. The molecule has 0 amide bonds. The SMILES string of the molecule is COc1ccccc1SCC=O. The molecule has 0 radical (unpaired) electrons. The number of thioether (sulfide) groups is 1. The van der Waals surface area contributed by atoms with E-state index in [0.29, 0.717) is 5.75 Å². The molecule has 0 fully saturated rings. The Labute approximate surface area is 75.9 Å². The third-order valence-electron chi connectivity index (χ3n) is 1.38. The molecular weight excluding hydrogens is 172 g/mol. The molecule has 3 heteroatoms. The maximum absolute atomic E-state index is 10.1. The van der Waals surface area contributed by atoms with Crippen LogP contribution in [0.4, 0.5) is 0 Å². The Morgan fingerprint density at radius 2 is 2.25 bits per heavy atom. The van der Waals surface area contributed by atoms with Crippen molar-refractivity contribution in [2.24, 2.45) is 0 Å². The van der Waals surface area contributed by atoms with Gasteiger partial charge in [-0.25, -0.2) is 0 Å². The molecular formula is C9H10O2S. The average molecular weight is 182 g/mol. The van der Waals surface area contributed by atoms with E-state index >= 15 is 0 Å². The number of carbonyl (C=O) groups is 1. The molecule has 1 aromatic rings. The first kappa shape index (κ1) is 9.13. The van der Waals surface area contributed by atoms with Crippen molar-refractivity contribution in [3.63, 3.8) is 0 Å². The van der Waals surface area contributed by atoms with Gasteiger partial charge in [0.15, 0.2) is 0 Å². The zero-order valence-electron chi connectivity index (χ0n) is 6.82. The second-order valence-corrected chi connectivity index (χ2v) is 3.19. The van der Waals surface area contributed by atoms with Gasteiger partial charge in [-0.2, -0.15) is 0 Å². The Bertz CT molecular complexity index is 260. The van der Waals surface area contributed by atoms with Crippen molar-refractivity contribution in [1.82, 2.24) is 0 Å². The lowest BCUT2D eigenvalue weighted by Crippen LogP contribution is -1.86. The highest BCUT2D eigenvalue weighted by Gasteiger charge is 1.99. The highest BCUT2D eigenvalue weighted by molar-refractivity contribution is 8.00. The normalized spacial score (nSPS) is 9.42. The van der Waals surface area contributed by atoms with Gasteiger partial charge in [-0.1, -0.05) is 12.1 Å². The summed E-state index contributed by atoms with van der Waals surface area (Å²) in [6.45, 7) is 0. The molecule has 0 saturated heterocycles. The second-order valence-electron chi connectivity index (χ2n) is 2.13. The predicted octanol–water partition coefficient (Wildman–Crippen LogP) is 1.99. The van der Waals surface area contributed by atoms with Crippen LogP contribution < -0.4 is 4.74 Å². The number of aldehydes is 1. The molecule has 0 aliphatic heterocycles. The minimum Gasteiger partial charge on any atom is -0.496 e. The number of para-hydroxylation sites is 1. The predicted molar refractivity (Wildman–Crippen MR) is 49.8 cm³/mol. The molecule has 0 aliphatic carbocycles. The third-order valence-corrected chi connectivity index (χ3v) is 2.33. The van der Waals surface area contributed by atoms with Crippen LogP contribution >= 0.6 is 11.8 Å². The van der Waals surface area contributed by atoms with Crippen LogP contribution in [0.2, 0.25) is 0 Å². The number of ether oxygens (including phenoxy) is 1. The summed E-state index contributed by atoms with van der Waals surface area (Å²) in [5.74, 6) is 1.30. The summed E-state index contributed by atoms with van der Waals surface area (Å²) in [4.78, 5) is 11.1. The van der Waals surface area contributed by atoms with Gasteiger partial charge in [0, 0.05) is 4.90 Å². The highest BCUT2D eigenvalue weighted by atomic mass is 32.2. The van der Waals surface area contributed by atoms with Crippen molar-refractivity contribution >= 4 is 18.0 Å². The lowest BCUT2D eigenvalue weighted by atomic mass is 10.3. The molecule has 0 N–H and O–H groups in total. The molecule has 12 heavy (non-hydrogen) atoms. The largest absolute Gasteiger partial charge is 0.496 e. The number of benzene rings is 1. The topological polar surface area (TPSA) is 26.3 Å². The maximum atomic E-state index is 10.1. The highest BCUT2D eigenvalue weighted by Crippen LogP contribution is 2.27. The fourth-order valence-electron chi connectivity index (χ4n) is 0.862. The summed E-state index contributed by atoms with van der Waals surface area (Å²) in [6, 6.07) is 7.65. The van der Waals surface area contributed by atoms with Gasteiger partial charge in [0.25, 0.3) is 0 Å². The lowest BCUT2D eigenvalue weighted by Gasteiger charge is -2.04. The van der Waals surface area contributed by atoms with Crippen molar-refractivity contribution in [2.45, 2.75) is 4.90 Å². The fourth-order valence-corrected chi connectivity index (χ4v) is 1.58. The van der Waals surface area contributed by atoms with Crippen molar-refractivity contribution in [1.29, 1.82) is 0 Å². The summed E-state index contributed by atoms with van der Waals surface area (Å²) >= 11 is 1.48. The molecule has 2 nitrogen and oxygen atoms in total. The molecule has 0 spiro atoms. The smallest absolute Gasteiger partial charge is 0.132 e. The summed E-state index contributed by atoms with van der Waals surface area (Å²) in [6.07, 6.45) is 0.886. The number of hydrogen-bond acceptors (Lipinski definition) is 3. The molecule has 0 heterocycles. The molecule has 0 aromatic heterocycles. The van der Waals surface area contributed by atoms with E-state index in [-0.39, 0.29) is 0 Å².